The van der Waals surface area contributed by atoms with Crippen molar-refractivity contribution in [3.63, 3.8) is 0 Å². The van der Waals surface area contributed by atoms with Gasteiger partial charge in [0.25, 0.3) is 5.91 Å². The molecule has 2 aromatic rings. The van der Waals surface area contributed by atoms with Crippen LogP contribution < -0.4 is 10.1 Å². The molecule has 0 radical (unpaired) electrons. The standard InChI is InChI=1S/C14H14Br2N2O2/c1-3-18-8-10(16)7-12(18)14(19)17-11-6-9(15)4-5-13(11)20-2/h4-8H,3H2,1-2H3,(H,17,19). The maximum Gasteiger partial charge on any atom is 0.272 e. The van der Waals surface area contributed by atoms with Crippen LogP contribution in [0.1, 0.15) is 17.4 Å². The minimum atomic E-state index is -0.172. The number of amides is 1. The average Bonchev–Trinajstić information content (AvgIpc) is 2.80. The molecule has 20 heavy (non-hydrogen) atoms. The van der Waals surface area contributed by atoms with E-state index >= 15 is 0 Å². The Morgan fingerprint density at radius 1 is 1.30 bits per heavy atom. The molecule has 0 saturated carbocycles. The van der Waals surface area contributed by atoms with Crippen molar-refractivity contribution in [2.75, 3.05) is 12.4 Å². The summed E-state index contributed by atoms with van der Waals surface area (Å²) in [7, 11) is 1.57. The summed E-state index contributed by atoms with van der Waals surface area (Å²) in [6, 6.07) is 7.27. The number of aromatic nitrogens is 1. The van der Waals surface area contributed by atoms with Crippen molar-refractivity contribution in [1.82, 2.24) is 4.57 Å². The number of hydrogen-bond donors (Lipinski definition) is 1. The van der Waals surface area contributed by atoms with E-state index < -0.39 is 0 Å². The Kier molecular flexibility index (Phi) is 4.88. The van der Waals surface area contributed by atoms with Crippen molar-refractivity contribution in [1.29, 1.82) is 0 Å². The topological polar surface area (TPSA) is 43.3 Å². The first-order valence-corrected chi connectivity index (χ1v) is 7.64. The van der Waals surface area contributed by atoms with Crippen LogP contribution in [0.25, 0.3) is 0 Å². The van der Waals surface area contributed by atoms with Crippen molar-refractivity contribution in [3.05, 3.63) is 45.1 Å². The first kappa shape index (κ1) is 15.1. The molecule has 0 saturated heterocycles. The van der Waals surface area contributed by atoms with E-state index in [1.54, 1.807) is 19.2 Å². The van der Waals surface area contributed by atoms with Gasteiger partial charge < -0.3 is 14.6 Å². The molecule has 0 aliphatic rings. The number of nitrogens with zero attached hydrogens (tertiary/aromatic N) is 1. The van der Waals surface area contributed by atoms with Crippen LogP contribution in [0.15, 0.2) is 39.4 Å². The van der Waals surface area contributed by atoms with E-state index in [0.717, 1.165) is 15.5 Å². The van der Waals surface area contributed by atoms with E-state index in [1.165, 1.54) is 0 Å². The molecular weight excluding hydrogens is 388 g/mol. The molecule has 6 heteroatoms. The Morgan fingerprint density at radius 3 is 2.70 bits per heavy atom. The highest BCUT2D eigenvalue weighted by Crippen LogP contribution is 2.28. The molecule has 2 rings (SSSR count). The van der Waals surface area contributed by atoms with Crippen LogP contribution in [0.4, 0.5) is 5.69 Å². The first-order valence-electron chi connectivity index (χ1n) is 6.05. The number of carbonyl (C=O) groups is 1. The zero-order valence-corrected chi connectivity index (χ0v) is 14.3. The highest BCUT2D eigenvalue weighted by atomic mass is 79.9. The number of hydrogen-bond acceptors (Lipinski definition) is 2. The molecule has 1 aromatic heterocycles. The number of rotatable bonds is 4. The van der Waals surface area contributed by atoms with E-state index in [1.807, 2.05) is 29.8 Å². The quantitative estimate of drug-likeness (QED) is 0.830. The summed E-state index contributed by atoms with van der Waals surface area (Å²) in [5, 5.41) is 2.87. The minimum absolute atomic E-state index is 0.172. The second kappa shape index (κ2) is 6.45. The third-order valence-electron chi connectivity index (χ3n) is 2.85. The van der Waals surface area contributed by atoms with Crippen LogP contribution in [-0.4, -0.2) is 17.6 Å². The van der Waals surface area contributed by atoms with Gasteiger partial charge in [0.05, 0.1) is 12.8 Å². The van der Waals surface area contributed by atoms with E-state index in [-0.39, 0.29) is 5.91 Å². The molecule has 0 fully saturated rings. The summed E-state index contributed by atoms with van der Waals surface area (Å²) in [4.78, 5) is 12.4. The Hall–Kier alpha value is -1.27. The van der Waals surface area contributed by atoms with Gasteiger partial charge in [0.2, 0.25) is 0 Å². The summed E-state index contributed by atoms with van der Waals surface area (Å²) in [5.74, 6) is 0.448. The van der Waals surface area contributed by atoms with Gasteiger partial charge >= 0.3 is 0 Å². The number of halogens is 2. The fourth-order valence-electron chi connectivity index (χ4n) is 1.89. The van der Waals surface area contributed by atoms with Gasteiger partial charge in [0, 0.05) is 21.7 Å². The molecule has 0 spiro atoms. The van der Waals surface area contributed by atoms with Crippen LogP contribution in [0, 0.1) is 0 Å². The van der Waals surface area contributed by atoms with Gasteiger partial charge in [-0.15, -0.1) is 0 Å². The number of anilines is 1. The van der Waals surface area contributed by atoms with Crippen LogP contribution in [-0.2, 0) is 6.54 Å². The lowest BCUT2D eigenvalue weighted by Crippen LogP contribution is -2.16. The Morgan fingerprint density at radius 2 is 2.05 bits per heavy atom. The normalized spacial score (nSPS) is 10.4. The first-order chi connectivity index (χ1) is 9.55. The van der Waals surface area contributed by atoms with Gasteiger partial charge in [0.1, 0.15) is 11.4 Å². The van der Waals surface area contributed by atoms with E-state index in [9.17, 15) is 4.79 Å². The van der Waals surface area contributed by atoms with Gasteiger partial charge in [-0.25, -0.2) is 0 Å². The van der Waals surface area contributed by atoms with Crippen LogP contribution >= 0.6 is 31.9 Å². The number of carbonyl (C=O) groups excluding carboxylic acids is 1. The highest BCUT2D eigenvalue weighted by Gasteiger charge is 2.14. The fraction of sp³-hybridized carbons (Fsp3) is 0.214. The predicted molar refractivity (Wildman–Crippen MR) is 86.5 cm³/mol. The molecule has 1 aromatic carbocycles. The average molecular weight is 402 g/mol. The molecule has 4 nitrogen and oxygen atoms in total. The smallest absolute Gasteiger partial charge is 0.272 e. The number of nitrogens with one attached hydrogen (secondary N) is 1. The maximum absolute atomic E-state index is 12.4. The van der Waals surface area contributed by atoms with Gasteiger partial charge in [-0.05, 0) is 47.1 Å². The van der Waals surface area contributed by atoms with E-state index in [0.29, 0.717) is 17.1 Å². The van der Waals surface area contributed by atoms with Gasteiger partial charge in [-0.1, -0.05) is 15.9 Å². The van der Waals surface area contributed by atoms with Crippen molar-refractivity contribution in [3.8, 4) is 5.75 Å². The molecular formula is C14H14Br2N2O2. The predicted octanol–water partition coefficient (Wildman–Crippen LogP) is 4.29. The van der Waals surface area contributed by atoms with Crippen molar-refractivity contribution in [2.45, 2.75) is 13.5 Å². The molecule has 106 valence electrons. The summed E-state index contributed by atoms with van der Waals surface area (Å²) in [6.07, 6.45) is 1.88. The molecule has 0 aliphatic carbocycles. The van der Waals surface area contributed by atoms with Crippen LogP contribution in [0.3, 0.4) is 0 Å². The SMILES string of the molecule is CCn1cc(Br)cc1C(=O)Nc1cc(Br)ccc1OC. The molecule has 0 bridgehead atoms. The van der Waals surface area contributed by atoms with Gasteiger partial charge in [-0.3, -0.25) is 4.79 Å². The molecule has 0 unspecified atom stereocenters. The number of methoxy groups -OCH3 is 1. The lowest BCUT2D eigenvalue weighted by atomic mass is 10.2. The zero-order chi connectivity index (χ0) is 14.7. The van der Waals surface area contributed by atoms with Crippen molar-refractivity contribution >= 4 is 43.5 Å². The summed E-state index contributed by atoms with van der Waals surface area (Å²) < 4.78 is 8.88. The van der Waals surface area contributed by atoms with Crippen LogP contribution in [0.5, 0.6) is 5.75 Å². The van der Waals surface area contributed by atoms with E-state index in [2.05, 4.69) is 37.2 Å². The molecule has 1 amide bonds. The Balaban J connectivity index is 2.29. The third kappa shape index (κ3) is 3.24. The summed E-state index contributed by atoms with van der Waals surface area (Å²) >= 11 is 6.77. The largest absolute Gasteiger partial charge is 0.495 e. The third-order valence-corrected chi connectivity index (χ3v) is 3.77. The van der Waals surface area contributed by atoms with Crippen molar-refractivity contribution < 1.29 is 9.53 Å². The molecule has 1 heterocycles. The molecule has 0 atom stereocenters. The number of aryl methyl sites for hydroxylation is 1. The highest BCUT2D eigenvalue weighted by molar-refractivity contribution is 9.10. The molecule has 1 N–H and O–H groups in total. The lowest BCUT2D eigenvalue weighted by molar-refractivity contribution is 0.101. The number of benzene rings is 1. The monoisotopic (exact) mass is 400 g/mol. The van der Waals surface area contributed by atoms with Gasteiger partial charge in [0.15, 0.2) is 0 Å². The summed E-state index contributed by atoms with van der Waals surface area (Å²) in [5.41, 5.74) is 1.23. The Labute approximate surface area is 134 Å². The second-order valence-electron chi connectivity index (χ2n) is 4.13. The lowest BCUT2D eigenvalue weighted by Gasteiger charge is -2.11. The second-order valence-corrected chi connectivity index (χ2v) is 5.96. The maximum atomic E-state index is 12.4. The van der Waals surface area contributed by atoms with E-state index in [4.69, 9.17) is 4.74 Å². The van der Waals surface area contributed by atoms with Crippen LogP contribution in [0.2, 0.25) is 0 Å². The Bertz CT molecular complexity index is 638. The van der Waals surface area contributed by atoms with Crippen molar-refractivity contribution in [2.24, 2.45) is 0 Å². The number of ether oxygens (including phenoxy) is 1. The molecule has 0 aliphatic heterocycles. The zero-order valence-electron chi connectivity index (χ0n) is 11.1. The summed E-state index contributed by atoms with van der Waals surface area (Å²) in [6.45, 7) is 2.72. The van der Waals surface area contributed by atoms with Gasteiger partial charge in [-0.2, -0.15) is 0 Å². The minimum Gasteiger partial charge on any atom is -0.495 e. The fourth-order valence-corrected chi connectivity index (χ4v) is 2.72.